The lowest BCUT2D eigenvalue weighted by atomic mass is 10.2. The number of nitrogens with zero attached hydrogens (tertiary/aromatic N) is 3. The highest BCUT2D eigenvalue weighted by molar-refractivity contribution is 7.13. The van der Waals surface area contributed by atoms with E-state index in [1.807, 2.05) is 53.9 Å². The minimum absolute atomic E-state index is 0.294. The molecule has 0 saturated heterocycles. The second-order valence-corrected chi connectivity index (χ2v) is 7.93. The first kappa shape index (κ1) is 21.8. The third kappa shape index (κ3) is 5.64. The number of thiophene rings is 1. The molecule has 164 valence electrons. The fourth-order valence-corrected chi connectivity index (χ4v) is 3.76. The van der Waals surface area contributed by atoms with Crippen molar-refractivity contribution < 1.29 is 14.3 Å². The highest BCUT2D eigenvalue weighted by Crippen LogP contribution is 2.27. The molecule has 4 rings (SSSR count). The molecule has 0 atom stereocenters. The first-order chi connectivity index (χ1) is 16.1. The average Bonchev–Trinajstić information content (AvgIpc) is 3.52. The average molecular weight is 458 g/mol. The number of benzene rings is 2. The van der Waals surface area contributed by atoms with Gasteiger partial charge in [-0.05, 0) is 41.3 Å². The van der Waals surface area contributed by atoms with E-state index in [1.165, 1.54) is 11.3 Å². The highest BCUT2D eigenvalue weighted by Gasteiger charge is 2.19. The van der Waals surface area contributed by atoms with Gasteiger partial charge in [-0.25, -0.2) is 0 Å². The van der Waals surface area contributed by atoms with E-state index in [2.05, 4.69) is 16.0 Å². The molecule has 0 spiro atoms. The zero-order chi connectivity index (χ0) is 23.0. The molecule has 2 N–H and O–H groups in total. The van der Waals surface area contributed by atoms with Gasteiger partial charge in [-0.3, -0.25) is 25.1 Å². The van der Waals surface area contributed by atoms with Crippen LogP contribution in [0.1, 0.15) is 21.5 Å². The van der Waals surface area contributed by atoms with Crippen LogP contribution in [0.4, 0.5) is 0 Å². The van der Waals surface area contributed by atoms with Crippen molar-refractivity contribution >= 4 is 23.2 Å². The van der Waals surface area contributed by atoms with E-state index < -0.39 is 11.8 Å². The second kappa shape index (κ2) is 10.3. The second-order valence-electron chi connectivity index (χ2n) is 6.98. The third-order valence-corrected chi connectivity index (χ3v) is 5.49. The van der Waals surface area contributed by atoms with Gasteiger partial charge in [0.15, 0.2) is 6.61 Å². The Labute approximate surface area is 194 Å². The number of aromatic nitrogens is 2. The summed E-state index contributed by atoms with van der Waals surface area (Å²) in [6.45, 7) is 0.217. The van der Waals surface area contributed by atoms with Crippen LogP contribution in [0.25, 0.3) is 10.6 Å². The fraction of sp³-hybridized carbons (Fsp3) is 0.0833. The van der Waals surface area contributed by atoms with Crippen LogP contribution < -0.4 is 15.6 Å². The SMILES string of the molecule is N#Cc1ccc(OCC(=O)NNC(=O)c2cn(Cc3ccccc3)nc2-c2cccs2)cc1. The molecule has 8 nitrogen and oxygen atoms in total. The molecular formula is C24H19N5O3S. The maximum absolute atomic E-state index is 12.8. The summed E-state index contributed by atoms with van der Waals surface area (Å²) in [7, 11) is 0. The standard InChI is InChI=1S/C24H19N5O3S/c25-13-17-8-10-19(11-9-17)32-16-22(30)26-27-24(31)20-15-29(14-18-5-2-1-3-6-18)28-23(20)21-7-4-12-33-21/h1-12,15H,14,16H2,(H,26,30)(H,27,31). The number of hydrogen-bond donors (Lipinski definition) is 2. The Kier molecular flexibility index (Phi) is 6.78. The molecule has 0 fully saturated rings. The van der Waals surface area contributed by atoms with Gasteiger partial charge in [-0.15, -0.1) is 11.3 Å². The van der Waals surface area contributed by atoms with Crippen LogP contribution in [0, 0.1) is 11.3 Å². The number of nitriles is 1. The van der Waals surface area contributed by atoms with Gasteiger partial charge in [0.1, 0.15) is 11.4 Å². The summed E-state index contributed by atoms with van der Waals surface area (Å²) in [5.74, 6) is -0.566. The molecule has 0 bridgehead atoms. The van der Waals surface area contributed by atoms with Crippen molar-refractivity contribution in [2.24, 2.45) is 0 Å². The molecule has 2 aromatic carbocycles. The maximum atomic E-state index is 12.8. The number of carbonyl (C=O) groups is 2. The minimum atomic E-state index is -0.526. The molecule has 2 amide bonds. The van der Waals surface area contributed by atoms with Crippen LogP contribution in [0.5, 0.6) is 5.75 Å². The van der Waals surface area contributed by atoms with Crippen LogP contribution in [0.2, 0.25) is 0 Å². The quantitative estimate of drug-likeness (QED) is 0.414. The Balaban J connectivity index is 1.40. The Bertz CT molecular complexity index is 1280. The molecule has 0 aliphatic heterocycles. The topological polar surface area (TPSA) is 109 Å². The van der Waals surface area contributed by atoms with E-state index in [-0.39, 0.29) is 6.61 Å². The van der Waals surface area contributed by atoms with Gasteiger partial charge in [-0.2, -0.15) is 10.4 Å². The van der Waals surface area contributed by atoms with Gasteiger partial charge in [-0.1, -0.05) is 36.4 Å². The summed E-state index contributed by atoms with van der Waals surface area (Å²) in [4.78, 5) is 25.8. The largest absolute Gasteiger partial charge is 0.484 e. The minimum Gasteiger partial charge on any atom is -0.484 e. The molecule has 4 aromatic rings. The van der Waals surface area contributed by atoms with Gasteiger partial charge >= 0.3 is 0 Å². The molecule has 2 aromatic heterocycles. The Morgan fingerprint density at radius 1 is 1.03 bits per heavy atom. The first-order valence-electron chi connectivity index (χ1n) is 10.00. The van der Waals surface area contributed by atoms with Gasteiger partial charge in [0.25, 0.3) is 11.8 Å². The lowest BCUT2D eigenvalue weighted by molar-refractivity contribution is -0.123. The molecule has 2 heterocycles. The summed E-state index contributed by atoms with van der Waals surface area (Å²) in [6.07, 6.45) is 1.66. The number of hydrogen-bond acceptors (Lipinski definition) is 6. The first-order valence-corrected chi connectivity index (χ1v) is 10.9. The molecule has 0 saturated carbocycles. The van der Waals surface area contributed by atoms with Crippen molar-refractivity contribution in [3.63, 3.8) is 0 Å². The molecule has 0 unspecified atom stereocenters. The fourth-order valence-electron chi connectivity index (χ4n) is 3.04. The van der Waals surface area contributed by atoms with Crippen molar-refractivity contribution in [1.82, 2.24) is 20.6 Å². The highest BCUT2D eigenvalue weighted by atomic mass is 32.1. The summed E-state index contributed by atoms with van der Waals surface area (Å²) in [5.41, 5.74) is 7.22. The number of amides is 2. The van der Waals surface area contributed by atoms with Crippen LogP contribution in [0.3, 0.4) is 0 Å². The molecule has 0 radical (unpaired) electrons. The maximum Gasteiger partial charge on any atom is 0.276 e. The number of rotatable bonds is 7. The third-order valence-electron chi connectivity index (χ3n) is 4.62. The molecular weight excluding hydrogens is 438 g/mol. The molecule has 0 aliphatic carbocycles. The van der Waals surface area contributed by atoms with E-state index >= 15 is 0 Å². The van der Waals surface area contributed by atoms with Crippen molar-refractivity contribution in [3.8, 4) is 22.4 Å². The van der Waals surface area contributed by atoms with Crippen LogP contribution in [-0.2, 0) is 11.3 Å². The number of ether oxygens (including phenoxy) is 1. The predicted octanol–water partition coefficient (Wildman–Crippen LogP) is 3.37. The summed E-state index contributed by atoms with van der Waals surface area (Å²) in [6, 6.07) is 22.0. The van der Waals surface area contributed by atoms with E-state index in [0.29, 0.717) is 29.1 Å². The van der Waals surface area contributed by atoms with Crippen molar-refractivity contribution in [2.45, 2.75) is 6.54 Å². The van der Waals surface area contributed by atoms with Crippen LogP contribution >= 0.6 is 11.3 Å². The Hall–Kier alpha value is -4.42. The Morgan fingerprint density at radius 2 is 1.82 bits per heavy atom. The summed E-state index contributed by atoms with van der Waals surface area (Å²) >= 11 is 1.48. The van der Waals surface area contributed by atoms with Crippen LogP contribution in [0.15, 0.2) is 78.3 Å². The van der Waals surface area contributed by atoms with Gasteiger partial charge < -0.3 is 4.74 Å². The molecule has 33 heavy (non-hydrogen) atoms. The molecule has 9 heteroatoms. The van der Waals surface area contributed by atoms with E-state index in [0.717, 1.165) is 10.4 Å². The lowest BCUT2D eigenvalue weighted by Crippen LogP contribution is -2.43. The van der Waals surface area contributed by atoms with Gasteiger partial charge in [0, 0.05) is 6.20 Å². The zero-order valence-corrected chi connectivity index (χ0v) is 18.2. The predicted molar refractivity (Wildman–Crippen MR) is 123 cm³/mol. The normalized spacial score (nSPS) is 10.3. The zero-order valence-electron chi connectivity index (χ0n) is 17.4. The summed E-state index contributed by atoms with van der Waals surface area (Å²) in [5, 5.41) is 15.3. The van der Waals surface area contributed by atoms with E-state index in [4.69, 9.17) is 10.00 Å². The van der Waals surface area contributed by atoms with Crippen molar-refractivity contribution in [2.75, 3.05) is 6.61 Å². The number of nitrogens with one attached hydrogen (secondary N) is 2. The number of hydrazine groups is 1. The molecule has 0 aliphatic rings. The van der Waals surface area contributed by atoms with E-state index in [9.17, 15) is 9.59 Å². The van der Waals surface area contributed by atoms with Gasteiger partial charge in [0.2, 0.25) is 0 Å². The Morgan fingerprint density at radius 3 is 2.52 bits per heavy atom. The lowest BCUT2D eigenvalue weighted by Gasteiger charge is -2.08. The number of carbonyl (C=O) groups excluding carboxylic acids is 2. The summed E-state index contributed by atoms with van der Waals surface area (Å²) < 4.78 is 7.07. The van der Waals surface area contributed by atoms with Crippen molar-refractivity contribution in [1.29, 1.82) is 5.26 Å². The monoisotopic (exact) mass is 457 g/mol. The smallest absolute Gasteiger partial charge is 0.276 e. The van der Waals surface area contributed by atoms with Crippen LogP contribution in [-0.4, -0.2) is 28.2 Å². The van der Waals surface area contributed by atoms with E-state index in [1.54, 1.807) is 35.1 Å². The van der Waals surface area contributed by atoms with Gasteiger partial charge in [0.05, 0.1) is 28.6 Å². The van der Waals surface area contributed by atoms with Crippen molar-refractivity contribution in [3.05, 3.63) is 95.0 Å².